The normalized spacial score (nSPS) is 18.9. The first-order valence-electron chi connectivity index (χ1n) is 21.7. The summed E-state index contributed by atoms with van der Waals surface area (Å²) in [6.07, 6.45) is 14.1. The van der Waals surface area contributed by atoms with Crippen LogP contribution in [0.2, 0.25) is 0 Å². The number of rotatable bonds is 19. The van der Waals surface area contributed by atoms with Crippen LogP contribution in [0.15, 0.2) is 69.7 Å². The van der Waals surface area contributed by atoms with Crippen LogP contribution < -0.4 is 29.0 Å². The summed E-state index contributed by atoms with van der Waals surface area (Å²) in [5.41, 5.74) is 5.45. The largest absolute Gasteiger partial charge is 0.493 e. The van der Waals surface area contributed by atoms with Gasteiger partial charge in [-0.2, -0.15) is 0 Å². The highest BCUT2D eigenvalue weighted by Gasteiger charge is 2.36. The van der Waals surface area contributed by atoms with Crippen LogP contribution in [-0.2, 0) is 18.0 Å². The number of aliphatic imine (C=N–C) groups is 2. The molecule has 0 aliphatic carbocycles. The number of benzene rings is 2. The summed E-state index contributed by atoms with van der Waals surface area (Å²) < 4.78 is 30.4. The second-order valence-corrected chi connectivity index (χ2v) is 19.8. The summed E-state index contributed by atoms with van der Waals surface area (Å²) >= 11 is 0. The van der Waals surface area contributed by atoms with E-state index in [1.165, 1.54) is 25.4 Å². The first-order chi connectivity index (χ1) is 30.9. The zero-order chi connectivity index (χ0) is 45.4. The fourth-order valence-corrected chi connectivity index (χ4v) is 10.3. The molecule has 2 atom stereocenters. The van der Waals surface area contributed by atoms with Crippen LogP contribution >= 0.6 is 21.6 Å². The summed E-state index contributed by atoms with van der Waals surface area (Å²) in [6, 6.07) is 10.3. The van der Waals surface area contributed by atoms with E-state index in [-0.39, 0.29) is 47.8 Å². The Morgan fingerprint density at radius 3 is 1.80 bits per heavy atom. The summed E-state index contributed by atoms with van der Waals surface area (Å²) in [5, 5.41) is 3.04. The van der Waals surface area contributed by atoms with Gasteiger partial charge in [0.2, 0.25) is 5.91 Å². The van der Waals surface area contributed by atoms with Gasteiger partial charge in [-0.3, -0.25) is 29.4 Å². The molecular formula is C48H58N6O8S2. The van der Waals surface area contributed by atoms with E-state index in [2.05, 4.69) is 37.6 Å². The SMILES string of the molecule is CC=C1C[C@H]2C=Nc3cc(OCc4cc(OCCCCNC(=O)CCC(C)(C)SSC)cc(COc5cc6c(cc5OC)C(=O)N5CC(=CC)C[C@H]5C=N6)n4)c(OC)cc3C(=O)N2C1. The molecule has 0 unspecified atom stereocenters. The number of carbonyl (C=O) groups is 3. The quantitative estimate of drug-likeness (QED) is 0.0697. The lowest BCUT2D eigenvalue weighted by Crippen LogP contribution is -2.35. The molecule has 3 amide bonds. The van der Waals surface area contributed by atoms with Crippen LogP contribution in [0.4, 0.5) is 11.4 Å². The standard InChI is InChI=1S/C48H58N6O8S2/c1-8-30-16-34-24-50-39-22-43(41(58-5)20-37(39)46(56)53(34)26-30)61-28-32-18-36(60-15-11-10-14-49-45(55)12-13-48(3,4)64-63-7)19-33(52-32)29-62-44-23-40-38(21-42(44)59-6)47(57)54-27-31(9-2)17-35(54)25-51-40/h8-9,18-25,34-35H,10-17,26-29H2,1-7H3,(H,49,55)/t34-,35-/m0/s1. The molecule has 16 heteroatoms. The molecule has 0 radical (unpaired) electrons. The summed E-state index contributed by atoms with van der Waals surface area (Å²) in [7, 11) is 6.58. The monoisotopic (exact) mass is 910 g/mol. The lowest BCUT2D eigenvalue weighted by Gasteiger charge is -2.21. The number of pyridine rings is 1. The predicted molar refractivity (Wildman–Crippen MR) is 254 cm³/mol. The smallest absolute Gasteiger partial charge is 0.257 e. The minimum absolute atomic E-state index is 0.0364. The first kappa shape index (κ1) is 46.5. The average Bonchev–Trinajstić information content (AvgIpc) is 3.86. The van der Waals surface area contributed by atoms with Crippen molar-refractivity contribution in [2.24, 2.45) is 9.98 Å². The minimum atomic E-state index is -0.107. The second-order valence-electron chi connectivity index (χ2n) is 16.7. The number of hydrogen-bond donors (Lipinski definition) is 1. The van der Waals surface area contributed by atoms with Crippen LogP contribution in [-0.4, -0.2) is 108 Å². The van der Waals surface area contributed by atoms with Crippen molar-refractivity contribution in [2.75, 3.05) is 46.7 Å². The van der Waals surface area contributed by atoms with E-state index < -0.39 is 0 Å². The number of amides is 3. The fourth-order valence-electron chi connectivity index (χ4n) is 8.10. The maximum absolute atomic E-state index is 13.7. The molecule has 2 fully saturated rings. The van der Waals surface area contributed by atoms with Gasteiger partial charge in [0, 0.05) is 67.5 Å². The van der Waals surface area contributed by atoms with E-state index >= 15 is 0 Å². The summed E-state index contributed by atoms with van der Waals surface area (Å²) in [6.45, 7) is 10.5. The molecule has 14 nitrogen and oxygen atoms in total. The lowest BCUT2D eigenvalue weighted by atomic mass is 10.1. The van der Waals surface area contributed by atoms with Gasteiger partial charge in [-0.05, 0) is 78.2 Å². The zero-order valence-corrected chi connectivity index (χ0v) is 39.4. The van der Waals surface area contributed by atoms with Crippen molar-refractivity contribution in [2.45, 2.75) is 96.3 Å². The maximum Gasteiger partial charge on any atom is 0.257 e. The molecule has 4 aliphatic heterocycles. The Morgan fingerprint density at radius 1 is 0.781 bits per heavy atom. The van der Waals surface area contributed by atoms with E-state index in [1.54, 1.807) is 45.9 Å². The molecule has 64 heavy (non-hydrogen) atoms. The van der Waals surface area contributed by atoms with E-state index in [4.69, 9.17) is 38.7 Å². The van der Waals surface area contributed by atoms with E-state index in [1.807, 2.05) is 48.2 Å². The van der Waals surface area contributed by atoms with Crippen LogP contribution in [0.5, 0.6) is 28.7 Å². The Hall–Kier alpha value is -5.48. The highest BCUT2D eigenvalue weighted by molar-refractivity contribution is 8.76. The molecular weight excluding hydrogens is 853 g/mol. The van der Waals surface area contributed by atoms with Crippen LogP contribution in [0, 0.1) is 0 Å². The Balaban J connectivity index is 1.06. The number of nitrogens with zero attached hydrogens (tertiary/aromatic N) is 5. The number of allylic oxidation sites excluding steroid dienone is 2. The highest BCUT2D eigenvalue weighted by atomic mass is 33.1. The van der Waals surface area contributed by atoms with Crippen molar-refractivity contribution >= 4 is 63.1 Å². The van der Waals surface area contributed by atoms with Gasteiger partial charge in [0.15, 0.2) is 23.0 Å². The van der Waals surface area contributed by atoms with E-state index in [9.17, 15) is 14.4 Å². The van der Waals surface area contributed by atoms with Gasteiger partial charge in [-0.25, -0.2) is 0 Å². The van der Waals surface area contributed by atoms with Crippen molar-refractivity contribution in [1.29, 1.82) is 0 Å². The van der Waals surface area contributed by atoms with E-state index in [0.717, 1.165) is 25.7 Å². The number of aromatic nitrogens is 1. The lowest BCUT2D eigenvalue weighted by molar-refractivity contribution is -0.121. The maximum atomic E-state index is 13.7. The molecule has 5 heterocycles. The summed E-state index contributed by atoms with van der Waals surface area (Å²) in [5.74, 6) is 2.04. The number of carbonyl (C=O) groups excluding carboxylic acids is 3. The van der Waals surface area contributed by atoms with Gasteiger partial charge in [-0.1, -0.05) is 44.9 Å². The van der Waals surface area contributed by atoms with E-state index in [0.29, 0.717) is 102 Å². The molecule has 3 aromatic rings. The third-order valence-corrected chi connectivity index (χ3v) is 14.4. The molecule has 0 bridgehead atoms. The number of hydrogen-bond acceptors (Lipinski definition) is 13. The van der Waals surface area contributed by atoms with Gasteiger partial charge in [-0.15, -0.1) is 0 Å². The fraction of sp³-hybridized carbons (Fsp3) is 0.458. The Morgan fingerprint density at radius 2 is 1.31 bits per heavy atom. The number of nitrogens with one attached hydrogen (secondary N) is 1. The van der Waals surface area contributed by atoms with Crippen molar-refractivity contribution in [3.05, 3.63) is 82.2 Å². The highest BCUT2D eigenvalue weighted by Crippen LogP contribution is 2.41. The second kappa shape index (κ2) is 21.0. The topological polar surface area (TPSA) is 153 Å². The van der Waals surface area contributed by atoms with Crippen molar-refractivity contribution < 1.29 is 38.1 Å². The van der Waals surface area contributed by atoms with Gasteiger partial charge >= 0.3 is 0 Å². The van der Waals surface area contributed by atoms with Crippen LogP contribution in [0.25, 0.3) is 0 Å². The molecule has 2 aromatic carbocycles. The van der Waals surface area contributed by atoms with Gasteiger partial charge in [0.05, 0.1) is 66.8 Å². The van der Waals surface area contributed by atoms with Gasteiger partial charge in [0.25, 0.3) is 11.8 Å². The molecule has 7 rings (SSSR count). The predicted octanol–water partition coefficient (Wildman–Crippen LogP) is 8.86. The number of fused-ring (bicyclic) bond motifs is 4. The van der Waals surface area contributed by atoms with Crippen molar-refractivity contribution in [3.63, 3.8) is 0 Å². The molecule has 1 aromatic heterocycles. The zero-order valence-electron chi connectivity index (χ0n) is 37.7. The Labute approximate surface area is 383 Å². The molecule has 340 valence electrons. The molecule has 4 aliphatic rings. The third kappa shape index (κ3) is 11.1. The average molecular weight is 911 g/mol. The number of unbranched alkanes of at least 4 members (excludes halogenated alkanes) is 1. The third-order valence-electron chi connectivity index (χ3n) is 11.7. The van der Waals surface area contributed by atoms with Gasteiger partial charge in [0.1, 0.15) is 19.0 Å². The minimum Gasteiger partial charge on any atom is -0.493 e. The number of ether oxygens (including phenoxy) is 5. The number of methoxy groups -OCH3 is 2. The van der Waals surface area contributed by atoms with Gasteiger partial charge < -0.3 is 38.8 Å². The van der Waals surface area contributed by atoms with Crippen LogP contribution in [0.1, 0.15) is 98.3 Å². The molecule has 2 saturated heterocycles. The Kier molecular flexibility index (Phi) is 15.3. The van der Waals surface area contributed by atoms with Crippen molar-refractivity contribution in [1.82, 2.24) is 20.1 Å². The first-order valence-corrected chi connectivity index (χ1v) is 24.3. The van der Waals surface area contributed by atoms with Crippen LogP contribution in [0.3, 0.4) is 0 Å². The molecule has 1 N–H and O–H groups in total. The molecule has 0 saturated carbocycles. The summed E-state index contributed by atoms with van der Waals surface area (Å²) in [4.78, 5) is 57.8. The molecule has 0 spiro atoms. The van der Waals surface area contributed by atoms with Crippen molar-refractivity contribution in [3.8, 4) is 28.7 Å². The Bertz CT molecular complexity index is 2230.